The van der Waals surface area contributed by atoms with Gasteiger partial charge in [0, 0.05) is 5.56 Å². The smallest absolute Gasteiger partial charge is 0.145 e. The maximum absolute atomic E-state index is 14.7. The zero-order valence-corrected chi connectivity index (χ0v) is 22.9. The summed E-state index contributed by atoms with van der Waals surface area (Å²) in [5.41, 5.74) is 3.78. The molecule has 0 aliphatic heterocycles. The molecule has 0 heterocycles. The molecule has 204 valence electrons. The fraction of sp³-hybridized carbons (Fsp3) is 0.455. The summed E-state index contributed by atoms with van der Waals surface area (Å²) in [5, 5.41) is -0.573. The van der Waals surface area contributed by atoms with Crippen molar-refractivity contribution >= 4 is 11.6 Å². The summed E-state index contributed by atoms with van der Waals surface area (Å²) in [6.07, 6.45) is 11.2. The second kappa shape index (κ2) is 13.6. The number of benzene rings is 3. The Morgan fingerprint density at radius 2 is 1.24 bits per heavy atom. The Hall–Kier alpha value is -2.33. The van der Waals surface area contributed by atoms with Crippen LogP contribution in [-0.4, -0.2) is 0 Å². The average molecular weight is 545 g/mol. The van der Waals surface area contributed by atoms with E-state index in [9.17, 15) is 17.6 Å². The number of unbranched alkanes of at least 4 members (excludes halogenated alkanes) is 2. The van der Waals surface area contributed by atoms with Gasteiger partial charge in [-0.25, -0.2) is 17.6 Å². The summed E-state index contributed by atoms with van der Waals surface area (Å²) in [4.78, 5) is 0. The first kappa shape index (κ1) is 28.7. The quantitative estimate of drug-likeness (QED) is 0.128. The fourth-order valence-corrected chi connectivity index (χ4v) is 5.86. The van der Waals surface area contributed by atoms with Crippen molar-refractivity contribution < 1.29 is 17.6 Å². The van der Waals surface area contributed by atoms with Crippen LogP contribution in [0.5, 0.6) is 0 Å². The van der Waals surface area contributed by atoms with E-state index >= 15 is 0 Å². The Morgan fingerprint density at radius 1 is 0.658 bits per heavy atom. The van der Waals surface area contributed by atoms with E-state index < -0.39 is 28.3 Å². The van der Waals surface area contributed by atoms with Gasteiger partial charge in [0.05, 0.1) is 0 Å². The van der Waals surface area contributed by atoms with Crippen molar-refractivity contribution in [2.75, 3.05) is 0 Å². The van der Waals surface area contributed by atoms with E-state index in [0.717, 1.165) is 50.7 Å². The van der Waals surface area contributed by atoms with E-state index in [-0.39, 0.29) is 18.4 Å². The third-order valence-corrected chi connectivity index (χ3v) is 8.48. The van der Waals surface area contributed by atoms with Crippen molar-refractivity contribution in [3.8, 4) is 0 Å². The van der Waals surface area contributed by atoms with Gasteiger partial charge in [-0.1, -0.05) is 55.6 Å². The van der Waals surface area contributed by atoms with E-state index in [4.69, 9.17) is 11.6 Å². The molecular formula is C33H37ClF4. The molecule has 0 unspecified atom stereocenters. The van der Waals surface area contributed by atoms with Crippen molar-refractivity contribution in [2.45, 2.75) is 89.9 Å². The monoisotopic (exact) mass is 544 g/mol. The van der Waals surface area contributed by atoms with E-state index in [2.05, 4.69) is 31.2 Å². The van der Waals surface area contributed by atoms with Crippen LogP contribution in [0.15, 0.2) is 48.5 Å². The molecule has 0 spiro atoms. The Bertz CT molecular complexity index is 1150. The summed E-state index contributed by atoms with van der Waals surface area (Å²) < 4.78 is 56.8. The lowest BCUT2D eigenvalue weighted by atomic mass is 9.76. The van der Waals surface area contributed by atoms with Gasteiger partial charge in [0.1, 0.15) is 28.3 Å². The lowest BCUT2D eigenvalue weighted by molar-refractivity contribution is 0.310. The lowest BCUT2D eigenvalue weighted by Gasteiger charge is -2.29. The van der Waals surface area contributed by atoms with Gasteiger partial charge < -0.3 is 0 Å². The molecule has 0 radical (unpaired) electrons. The molecule has 0 aromatic heterocycles. The molecule has 1 aliphatic carbocycles. The number of hydrogen-bond acceptors (Lipinski definition) is 0. The van der Waals surface area contributed by atoms with Crippen LogP contribution in [0.3, 0.4) is 0 Å². The fourth-order valence-electron chi connectivity index (χ4n) is 5.75. The second-order valence-corrected chi connectivity index (χ2v) is 11.2. The molecule has 1 saturated carbocycles. The Kier molecular flexibility index (Phi) is 10.3. The standard InChI is InChI=1S/C33H37ClF4/c1-2-3-4-5-22-8-13-26(14-9-22)27-15-10-23(11-16-27)6-7-24-18-29(35)28(30(36)19-24)17-12-25-20-31(37)33(34)32(38)21-25/h8-9,13-14,18-21,23,27H,2-7,10-12,15-17H2,1H3. The van der Waals surface area contributed by atoms with Gasteiger partial charge >= 0.3 is 0 Å². The highest BCUT2D eigenvalue weighted by Gasteiger charge is 2.23. The third-order valence-electron chi connectivity index (χ3n) is 8.12. The van der Waals surface area contributed by atoms with Crippen molar-refractivity contribution in [1.82, 2.24) is 0 Å². The molecule has 4 rings (SSSR count). The summed E-state index contributed by atoms with van der Waals surface area (Å²) in [5.74, 6) is -1.77. The Balaban J connectivity index is 1.25. The Morgan fingerprint density at radius 3 is 1.84 bits per heavy atom. The van der Waals surface area contributed by atoms with Crippen molar-refractivity contribution in [1.29, 1.82) is 0 Å². The van der Waals surface area contributed by atoms with Gasteiger partial charge in [-0.3, -0.25) is 0 Å². The molecule has 0 bridgehead atoms. The highest BCUT2D eigenvalue weighted by atomic mass is 35.5. The molecule has 0 nitrogen and oxygen atoms in total. The Labute approximate surface area is 229 Å². The van der Waals surface area contributed by atoms with Crippen LogP contribution < -0.4 is 0 Å². The van der Waals surface area contributed by atoms with Crippen LogP contribution in [0, 0.1) is 29.2 Å². The minimum absolute atomic E-state index is 0.0161. The summed E-state index contributed by atoms with van der Waals surface area (Å²) in [7, 11) is 0. The molecular weight excluding hydrogens is 508 g/mol. The highest BCUT2D eigenvalue weighted by Crippen LogP contribution is 2.38. The van der Waals surface area contributed by atoms with Gasteiger partial charge in [0.25, 0.3) is 0 Å². The summed E-state index contributed by atoms with van der Waals surface area (Å²) >= 11 is 5.51. The largest absolute Gasteiger partial charge is 0.207 e. The summed E-state index contributed by atoms with van der Waals surface area (Å²) in [6.45, 7) is 2.23. The molecule has 0 saturated heterocycles. The lowest BCUT2D eigenvalue weighted by Crippen LogP contribution is -2.14. The minimum Gasteiger partial charge on any atom is -0.207 e. The van der Waals surface area contributed by atoms with Crippen LogP contribution in [0.2, 0.25) is 5.02 Å². The highest BCUT2D eigenvalue weighted by molar-refractivity contribution is 6.30. The van der Waals surface area contributed by atoms with Gasteiger partial charge in [-0.15, -0.1) is 0 Å². The van der Waals surface area contributed by atoms with Crippen LogP contribution in [0.25, 0.3) is 0 Å². The SMILES string of the molecule is CCCCCc1ccc(C2CCC(CCc3cc(F)c(CCc4cc(F)c(Cl)c(F)c4)c(F)c3)CC2)cc1. The van der Waals surface area contributed by atoms with Crippen molar-refractivity contribution in [3.63, 3.8) is 0 Å². The number of hydrogen-bond donors (Lipinski definition) is 0. The minimum atomic E-state index is -0.872. The molecule has 38 heavy (non-hydrogen) atoms. The molecule has 1 aliphatic rings. The molecule has 3 aromatic carbocycles. The molecule has 0 N–H and O–H groups in total. The van der Waals surface area contributed by atoms with Gasteiger partial charge in [-0.2, -0.15) is 0 Å². The number of aryl methyl sites for hydroxylation is 3. The first-order chi connectivity index (χ1) is 18.3. The first-order valence-electron chi connectivity index (χ1n) is 14.0. The molecule has 0 amide bonds. The van der Waals surface area contributed by atoms with Crippen LogP contribution in [0.4, 0.5) is 17.6 Å². The summed E-state index contributed by atoms with van der Waals surface area (Å²) in [6, 6.07) is 14.2. The van der Waals surface area contributed by atoms with Crippen LogP contribution in [0.1, 0.15) is 92.0 Å². The van der Waals surface area contributed by atoms with E-state index in [1.54, 1.807) is 0 Å². The normalized spacial score (nSPS) is 17.6. The van der Waals surface area contributed by atoms with Gasteiger partial charge in [-0.05, 0) is 123 Å². The first-order valence-corrected chi connectivity index (χ1v) is 14.4. The number of halogens is 5. The molecule has 3 aromatic rings. The van der Waals surface area contributed by atoms with Gasteiger partial charge in [0.2, 0.25) is 0 Å². The third kappa shape index (κ3) is 7.62. The van der Waals surface area contributed by atoms with Crippen LogP contribution >= 0.6 is 11.6 Å². The van der Waals surface area contributed by atoms with E-state index in [1.165, 1.54) is 42.5 Å². The maximum Gasteiger partial charge on any atom is 0.145 e. The topological polar surface area (TPSA) is 0 Å². The zero-order valence-electron chi connectivity index (χ0n) is 22.1. The maximum atomic E-state index is 14.7. The predicted octanol–water partition coefficient (Wildman–Crippen LogP) is 10.3. The second-order valence-electron chi connectivity index (χ2n) is 10.9. The molecule has 0 atom stereocenters. The van der Waals surface area contributed by atoms with Gasteiger partial charge in [0.15, 0.2) is 0 Å². The van der Waals surface area contributed by atoms with E-state index in [0.29, 0.717) is 29.4 Å². The zero-order chi connectivity index (χ0) is 27.1. The number of rotatable bonds is 11. The predicted molar refractivity (Wildman–Crippen MR) is 148 cm³/mol. The average Bonchev–Trinajstić information content (AvgIpc) is 2.91. The molecule has 1 fully saturated rings. The van der Waals surface area contributed by atoms with Crippen LogP contribution in [-0.2, 0) is 25.7 Å². The van der Waals surface area contributed by atoms with Crippen molar-refractivity contribution in [3.05, 3.63) is 105 Å². The van der Waals surface area contributed by atoms with Crippen molar-refractivity contribution in [2.24, 2.45) is 5.92 Å². The molecule has 5 heteroatoms. The van der Waals surface area contributed by atoms with E-state index in [1.807, 2.05) is 0 Å².